The van der Waals surface area contributed by atoms with Crippen LogP contribution in [0.2, 0.25) is 0 Å². The van der Waals surface area contributed by atoms with Crippen LogP contribution in [0.5, 0.6) is 0 Å². The van der Waals surface area contributed by atoms with Gasteiger partial charge >= 0.3 is 6.03 Å². The number of nitrogens with one attached hydrogen (secondary N) is 2. The van der Waals surface area contributed by atoms with Crippen molar-refractivity contribution in [2.45, 2.75) is 12.8 Å². The standard InChI is InChI=1S/C11H14BrN3O2/c1-15-6-8(12)4-9(10(15)16)14-11(17)13-5-7-2-3-7/h4,6-7H,2-3,5H2,1H3,(H2,13,14,17). The molecule has 1 aromatic rings. The van der Waals surface area contributed by atoms with Gasteiger partial charge in [0.15, 0.2) is 0 Å². The highest BCUT2D eigenvalue weighted by Crippen LogP contribution is 2.27. The number of carbonyl (C=O) groups is 1. The minimum Gasteiger partial charge on any atom is -0.338 e. The average molecular weight is 300 g/mol. The van der Waals surface area contributed by atoms with Crippen LogP contribution >= 0.6 is 15.9 Å². The molecule has 2 amide bonds. The zero-order valence-electron chi connectivity index (χ0n) is 9.50. The molecule has 1 aliphatic carbocycles. The van der Waals surface area contributed by atoms with Crippen molar-refractivity contribution in [2.24, 2.45) is 13.0 Å². The van der Waals surface area contributed by atoms with Gasteiger partial charge in [0.2, 0.25) is 0 Å². The predicted octanol–water partition coefficient (Wildman–Crippen LogP) is 1.68. The molecule has 5 nitrogen and oxygen atoms in total. The van der Waals surface area contributed by atoms with Crippen molar-refractivity contribution >= 4 is 27.6 Å². The molecular formula is C11H14BrN3O2. The summed E-state index contributed by atoms with van der Waals surface area (Å²) in [5.41, 5.74) is 0.0462. The fourth-order valence-electron chi connectivity index (χ4n) is 1.49. The van der Waals surface area contributed by atoms with E-state index in [1.165, 1.54) is 17.4 Å². The first kappa shape index (κ1) is 12.2. The van der Waals surface area contributed by atoms with E-state index in [2.05, 4.69) is 26.6 Å². The third-order valence-electron chi connectivity index (χ3n) is 2.65. The van der Waals surface area contributed by atoms with E-state index < -0.39 is 0 Å². The summed E-state index contributed by atoms with van der Waals surface area (Å²) in [6.07, 6.45) is 4.01. The molecule has 1 heterocycles. The molecule has 0 unspecified atom stereocenters. The van der Waals surface area contributed by atoms with E-state index in [-0.39, 0.29) is 17.3 Å². The van der Waals surface area contributed by atoms with Crippen LogP contribution in [0.1, 0.15) is 12.8 Å². The lowest BCUT2D eigenvalue weighted by atomic mass is 10.4. The topological polar surface area (TPSA) is 63.1 Å². The largest absolute Gasteiger partial charge is 0.338 e. The van der Waals surface area contributed by atoms with Crippen LogP contribution in [0, 0.1) is 5.92 Å². The van der Waals surface area contributed by atoms with Crippen molar-refractivity contribution in [2.75, 3.05) is 11.9 Å². The molecule has 1 aromatic heterocycles. The van der Waals surface area contributed by atoms with Crippen molar-refractivity contribution in [3.8, 4) is 0 Å². The van der Waals surface area contributed by atoms with Gasteiger partial charge in [-0.05, 0) is 40.8 Å². The number of amides is 2. The molecular weight excluding hydrogens is 286 g/mol. The van der Waals surface area contributed by atoms with Crippen molar-refractivity contribution in [3.05, 3.63) is 27.1 Å². The van der Waals surface area contributed by atoms with Crippen LogP contribution in [0.4, 0.5) is 10.5 Å². The smallest absolute Gasteiger partial charge is 0.319 e. The summed E-state index contributed by atoms with van der Waals surface area (Å²) in [6.45, 7) is 0.681. The molecule has 1 fully saturated rings. The van der Waals surface area contributed by atoms with E-state index in [1.807, 2.05) is 0 Å². The third-order valence-corrected chi connectivity index (χ3v) is 3.08. The molecule has 17 heavy (non-hydrogen) atoms. The first-order valence-corrected chi connectivity index (χ1v) is 6.26. The fraction of sp³-hybridized carbons (Fsp3) is 0.455. The average Bonchev–Trinajstić information content (AvgIpc) is 3.06. The van der Waals surface area contributed by atoms with Crippen LogP contribution in [-0.4, -0.2) is 17.1 Å². The summed E-state index contributed by atoms with van der Waals surface area (Å²) in [4.78, 5) is 23.2. The number of pyridine rings is 1. The highest BCUT2D eigenvalue weighted by Gasteiger charge is 2.21. The lowest BCUT2D eigenvalue weighted by Crippen LogP contribution is -2.33. The number of hydrogen-bond donors (Lipinski definition) is 2. The monoisotopic (exact) mass is 299 g/mol. The minimum absolute atomic E-state index is 0.227. The Morgan fingerprint density at radius 2 is 2.29 bits per heavy atom. The highest BCUT2D eigenvalue weighted by molar-refractivity contribution is 9.10. The van der Waals surface area contributed by atoms with Crippen LogP contribution in [0.15, 0.2) is 21.5 Å². The summed E-state index contributed by atoms with van der Waals surface area (Å²) in [5.74, 6) is 0.617. The lowest BCUT2D eigenvalue weighted by Gasteiger charge is -2.08. The van der Waals surface area contributed by atoms with Crippen LogP contribution in [-0.2, 0) is 7.05 Å². The Labute approximate surface area is 107 Å². The molecule has 6 heteroatoms. The Balaban J connectivity index is 2.01. The number of rotatable bonds is 3. The quantitative estimate of drug-likeness (QED) is 0.892. The number of nitrogens with zero attached hydrogens (tertiary/aromatic N) is 1. The van der Waals surface area contributed by atoms with Gasteiger partial charge in [0.25, 0.3) is 5.56 Å². The summed E-state index contributed by atoms with van der Waals surface area (Å²) < 4.78 is 2.16. The predicted molar refractivity (Wildman–Crippen MR) is 69.1 cm³/mol. The molecule has 0 aromatic carbocycles. The number of hydrogen-bond acceptors (Lipinski definition) is 2. The number of halogens is 1. The first-order valence-electron chi connectivity index (χ1n) is 5.47. The van der Waals surface area contributed by atoms with Crippen molar-refractivity contribution in [3.63, 3.8) is 0 Å². The van der Waals surface area contributed by atoms with Gasteiger partial charge in [0.05, 0.1) is 0 Å². The van der Waals surface area contributed by atoms with Gasteiger partial charge in [-0.2, -0.15) is 0 Å². The summed E-state index contributed by atoms with van der Waals surface area (Å²) in [6, 6.07) is 1.27. The molecule has 0 radical (unpaired) electrons. The van der Waals surface area contributed by atoms with Gasteiger partial charge < -0.3 is 15.2 Å². The van der Waals surface area contributed by atoms with E-state index >= 15 is 0 Å². The van der Waals surface area contributed by atoms with Gasteiger partial charge in [-0.3, -0.25) is 4.79 Å². The fourth-order valence-corrected chi connectivity index (χ4v) is 2.02. The summed E-state index contributed by atoms with van der Waals surface area (Å²) in [7, 11) is 1.64. The summed E-state index contributed by atoms with van der Waals surface area (Å²) in [5, 5.41) is 5.31. The van der Waals surface area contributed by atoms with Crippen LogP contribution < -0.4 is 16.2 Å². The Kier molecular flexibility index (Phi) is 3.51. The third kappa shape index (κ3) is 3.33. The number of urea groups is 1. The molecule has 0 atom stereocenters. The maximum absolute atomic E-state index is 11.7. The van der Waals surface area contributed by atoms with Gasteiger partial charge in [0.1, 0.15) is 5.69 Å². The molecule has 0 saturated heterocycles. The Morgan fingerprint density at radius 1 is 1.59 bits per heavy atom. The van der Waals surface area contributed by atoms with Crippen molar-refractivity contribution in [1.82, 2.24) is 9.88 Å². The maximum Gasteiger partial charge on any atom is 0.319 e. The lowest BCUT2D eigenvalue weighted by molar-refractivity contribution is 0.251. The number of carbonyl (C=O) groups excluding carboxylic acids is 1. The van der Waals surface area contributed by atoms with E-state index in [0.29, 0.717) is 12.5 Å². The first-order chi connectivity index (χ1) is 8.06. The second-order valence-corrected chi connectivity index (χ2v) is 5.18. The Morgan fingerprint density at radius 3 is 2.94 bits per heavy atom. The number of anilines is 1. The van der Waals surface area contributed by atoms with E-state index in [9.17, 15) is 9.59 Å². The SMILES string of the molecule is Cn1cc(Br)cc(NC(=O)NCC2CC2)c1=O. The molecule has 2 N–H and O–H groups in total. The summed E-state index contributed by atoms with van der Waals surface area (Å²) >= 11 is 3.28. The van der Waals surface area contributed by atoms with Crippen LogP contribution in [0.3, 0.4) is 0 Å². The van der Waals surface area contributed by atoms with Crippen molar-refractivity contribution in [1.29, 1.82) is 0 Å². The molecule has 92 valence electrons. The zero-order valence-corrected chi connectivity index (χ0v) is 11.1. The Hall–Kier alpha value is -1.30. The Bertz CT molecular complexity index is 494. The molecule has 0 aliphatic heterocycles. The number of aryl methyl sites for hydroxylation is 1. The molecule has 2 rings (SSSR count). The zero-order chi connectivity index (χ0) is 12.4. The molecule has 0 spiro atoms. The molecule has 1 saturated carbocycles. The highest BCUT2D eigenvalue weighted by atomic mass is 79.9. The number of aromatic nitrogens is 1. The van der Waals surface area contributed by atoms with Gasteiger partial charge in [-0.15, -0.1) is 0 Å². The second kappa shape index (κ2) is 4.91. The van der Waals surface area contributed by atoms with Gasteiger partial charge in [-0.1, -0.05) is 0 Å². The maximum atomic E-state index is 11.7. The van der Waals surface area contributed by atoms with Crippen molar-refractivity contribution < 1.29 is 4.79 Å². The second-order valence-electron chi connectivity index (χ2n) is 4.27. The molecule has 0 bridgehead atoms. The van der Waals surface area contributed by atoms with Gasteiger partial charge in [-0.25, -0.2) is 4.79 Å². The van der Waals surface area contributed by atoms with E-state index in [0.717, 1.165) is 4.47 Å². The normalized spacial score (nSPS) is 14.5. The van der Waals surface area contributed by atoms with Gasteiger partial charge in [0, 0.05) is 24.3 Å². The minimum atomic E-state index is -0.327. The molecule has 1 aliphatic rings. The van der Waals surface area contributed by atoms with E-state index in [1.54, 1.807) is 19.3 Å². The van der Waals surface area contributed by atoms with E-state index in [4.69, 9.17) is 0 Å². The van der Waals surface area contributed by atoms with Crippen LogP contribution in [0.25, 0.3) is 0 Å².